The molecule has 0 saturated carbocycles. The molecule has 0 radical (unpaired) electrons. The zero-order chi connectivity index (χ0) is 20.5. The number of carbonyl (C=O) groups is 2. The molecule has 0 aliphatic carbocycles. The van der Waals surface area contributed by atoms with Gasteiger partial charge in [-0.3, -0.25) is 14.6 Å². The van der Waals surface area contributed by atoms with Crippen molar-refractivity contribution in [2.75, 3.05) is 16.8 Å². The highest BCUT2D eigenvalue weighted by atomic mass is 32.1. The topological polar surface area (TPSA) is 75.2 Å². The number of thiazole rings is 1. The standard InChI is InChI=1S/C20H16F2N4O2S/c1-11-18(15-4-2-3-7-23-15)29-20(24-11)25-19(28)12-8-17(27)26(10-12)16-6-5-13(21)9-14(16)22/h2-7,9,12H,8,10H2,1H3,(H,24,25,28). The van der Waals surface area contributed by atoms with Gasteiger partial charge >= 0.3 is 0 Å². The molecule has 1 saturated heterocycles. The smallest absolute Gasteiger partial charge is 0.231 e. The molecule has 29 heavy (non-hydrogen) atoms. The summed E-state index contributed by atoms with van der Waals surface area (Å²) in [6.45, 7) is 1.85. The molecule has 6 nitrogen and oxygen atoms in total. The van der Waals surface area contributed by atoms with Gasteiger partial charge in [0.15, 0.2) is 5.13 Å². The van der Waals surface area contributed by atoms with E-state index >= 15 is 0 Å². The van der Waals surface area contributed by atoms with Gasteiger partial charge in [0, 0.05) is 25.2 Å². The Morgan fingerprint density at radius 1 is 1.28 bits per heavy atom. The Hall–Kier alpha value is -3.20. The van der Waals surface area contributed by atoms with E-state index in [0.717, 1.165) is 22.3 Å². The first kappa shape index (κ1) is 19.1. The van der Waals surface area contributed by atoms with Crippen LogP contribution in [-0.2, 0) is 9.59 Å². The van der Waals surface area contributed by atoms with Crippen LogP contribution in [0.4, 0.5) is 19.6 Å². The monoisotopic (exact) mass is 414 g/mol. The summed E-state index contributed by atoms with van der Waals surface area (Å²) < 4.78 is 27.1. The second-order valence-electron chi connectivity index (χ2n) is 6.64. The van der Waals surface area contributed by atoms with Crippen LogP contribution < -0.4 is 10.2 Å². The van der Waals surface area contributed by atoms with E-state index in [1.165, 1.54) is 22.3 Å². The number of rotatable bonds is 4. The Kier molecular flexibility index (Phi) is 5.06. The molecule has 1 N–H and O–H groups in total. The van der Waals surface area contributed by atoms with Gasteiger partial charge in [0.05, 0.1) is 27.9 Å². The minimum absolute atomic E-state index is 0.0185. The lowest BCUT2D eigenvalue weighted by Crippen LogP contribution is -2.28. The molecule has 148 valence electrons. The van der Waals surface area contributed by atoms with Gasteiger partial charge in [-0.1, -0.05) is 17.4 Å². The SMILES string of the molecule is Cc1nc(NC(=O)C2CC(=O)N(c3ccc(F)cc3F)C2)sc1-c1ccccn1. The van der Waals surface area contributed by atoms with E-state index in [1.54, 1.807) is 6.20 Å². The van der Waals surface area contributed by atoms with E-state index in [2.05, 4.69) is 15.3 Å². The molecule has 3 aromatic rings. The third kappa shape index (κ3) is 3.86. The maximum Gasteiger partial charge on any atom is 0.231 e. The fourth-order valence-electron chi connectivity index (χ4n) is 3.21. The first-order valence-electron chi connectivity index (χ1n) is 8.87. The Morgan fingerprint density at radius 2 is 2.10 bits per heavy atom. The number of hydrogen-bond donors (Lipinski definition) is 1. The number of aromatic nitrogens is 2. The van der Waals surface area contributed by atoms with Gasteiger partial charge in [-0.25, -0.2) is 13.8 Å². The van der Waals surface area contributed by atoms with Gasteiger partial charge in [0.2, 0.25) is 11.8 Å². The van der Waals surface area contributed by atoms with Gasteiger partial charge in [0.1, 0.15) is 11.6 Å². The summed E-state index contributed by atoms with van der Waals surface area (Å²) >= 11 is 1.30. The number of nitrogens with zero attached hydrogens (tertiary/aromatic N) is 3. The Balaban J connectivity index is 1.48. The highest BCUT2D eigenvalue weighted by molar-refractivity contribution is 7.19. The fraction of sp³-hybridized carbons (Fsp3) is 0.200. The summed E-state index contributed by atoms with van der Waals surface area (Å²) in [4.78, 5) is 35.6. The number of pyridine rings is 1. The Morgan fingerprint density at radius 3 is 2.83 bits per heavy atom. The normalized spacial score (nSPS) is 16.3. The molecule has 2 amide bonds. The zero-order valence-electron chi connectivity index (χ0n) is 15.4. The Labute approximate surface area is 169 Å². The third-order valence-electron chi connectivity index (χ3n) is 4.62. The summed E-state index contributed by atoms with van der Waals surface area (Å²) in [5.41, 5.74) is 1.47. The number of hydrogen-bond acceptors (Lipinski definition) is 5. The molecular formula is C20H16F2N4O2S. The number of benzene rings is 1. The summed E-state index contributed by atoms with van der Waals surface area (Å²) in [6, 6.07) is 8.54. The molecule has 1 atom stereocenters. The van der Waals surface area contributed by atoms with Crippen molar-refractivity contribution in [2.45, 2.75) is 13.3 Å². The molecule has 1 aliphatic heterocycles. The minimum Gasteiger partial charge on any atom is -0.309 e. The van der Waals surface area contributed by atoms with E-state index in [4.69, 9.17) is 0 Å². The lowest BCUT2D eigenvalue weighted by molar-refractivity contribution is -0.122. The van der Waals surface area contributed by atoms with Crippen LogP contribution in [0.3, 0.4) is 0 Å². The van der Waals surface area contributed by atoms with Crippen LogP contribution >= 0.6 is 11.3 Å². The number of aryl methyl sites for hydroxylation is 1. The van der Waals surface area contributed by atoms with Crippen molar-refractivity contribution in [1.29, 1.82) is 0 Å². The maximum atomic E-state index is 14.0. The largest absolute Gasteiger partial charge is 0.309 e. The molecule has 9 heteroatoms. The quantitative estimate of drug-likeness (QED) is 0.705. The summed E-state index contributed by atoms with van der Waals surface area (Å²) in [6.07, 6.45) is 1.63. The summed E-state index contributed by atoms with van der Waals surface area (Å²) in [7, 11) is 0. The van der Waals surface area contributed by atoms with Gasteiger partial charge in [0.25, 0.3) is 0 Å². The summed E-state index contributed by atoms with van der Waals surface area (Å²) in [5, 5.41) is 3.15. The number of halogens is 2. The predicted octanol–water partition coefficient (Wildman–Crippen LogP) is 3.78. The number of nitrogens with one attached hydrogen (secondary N) is 1. The molecule has 1 aliphatic rings. The predicted molar refractivity (Wildman–Crippen MR) is 106 cm³/mol. The van der Waals surface area contributed by atoms with Crippen LogP contribution in [0.1, 0.15) is 12.1 Å². The number of carbonyl (C=O) groups excluding carboxylic acids is 2. The average Bonchev–Trinajstić information content (AvgIpc) is 3.25. The zero-order valence-corrected chi connectivity index (χ0v) is 16.2. The van der Waals surface area contributed by atoms with Crippen molar-refractivity contribution in [2.24, 2.45) is 5.92 Å². The van der Waals surface area contributed by atoms with Gasteiger partial charge < -0.3 is 10.2 Å². The molecule has 4 rings (SSSR count). The molecule has 0 spiro atoms. The van der Waals surface area contributed by atoms with Gasteiger partial charge in [-0.15, -0.1) is 0 Å². The average molecular weight is 414 g/mol. The molecular weight excluding hydrogens is 398 g/mol. The van der Waals surface area contributed by atoms with Crippen LogP contribution in [0.15, 0.2) is 42.6 Å². The lowest BCUT2D eigenvalue weighted by Gasteiger charge is -2.17. The van der Waals surface area contributed by atoms with Crippen molar-refractivity contribution in [3.8, 4) is 10.6 Å². The van der Waals surface area contributed by atoms with Crippen LogP contribution in [0.25, 0.3) is 10.6 Å². The van der Waals surface area contributed by atoms with Crippen molar-refractivity contribution in [3.63, 3.8) is 0 Å². The lowest BCUT2D eigenvalue weighted by atomic mass is 10.1. The van der Waals surface area contributed by atoms with E-state index in [-0.39, 0.29) is 30.5 Å². The van der Waals surface area contributed by atoms with E-state index in [1.807, 2.05) is 25.1 Å². The third-order valence-corrected chi connectivity index (χ3v) is 5.72. The highest BCUT2D eigenvalue weighted by Crippen LogP contribution is 2.33. The van der Waals surface area contributed by atoms with E-state index in [0.29, 0.717) is 11.2 Å². The summed E-state index contributed by atoms with van der Waals surface area (Å²) in [5.74, 6) is -2.98. The molecule has 1 aromatic carbocycles. The van der Waals surface area contributed by atoms with Crippen LogP contribution in [0.2, 0.25) is 0 Å². The molecule has 3 heterocycles. The first-order valence-corrected chi connectivity index (χ1v) is 9.69. The second-order valence-corrected chi connectivity index (χ2v) is 7.64. The molecule has 1 fully saturated rings. The van der Waals surface area contributed by atoms with Crippen LogP contribution in [0, 0.1) is 24.5 Å². The van der Waals surface area contributed by atoms with Crippen LogP contribution in [0.5, 0.6) is 0 Å². The van der Waals surface area contributed by atoms with Crippen molar-refractivity contribution in [3.05, 3.63) is 59.9 Å². The minimum atomic E-state index is -0.838. The maximum absolute atomic E-state index is 14.0. The van der Waals surface area contributed by atoms with Crippen molar-refractivity contribution >= 4 is 34.0 Å². The number of amides is 2. The second kappa shape index (κ2) is 7.67. The number of anilines is 2. The fourth-order valence-corrected chi connectivity index (χ4v) is 4.15. The molecule has 2 aromatic heterocycles. The molecule has 0 bridgehead atoms. The van der Waals surface area contributed by atoms with Crippen molar-refractivity contribution in [1.82, 2.24) is 9.97 Å². The first-order chi connectivity index (χ1) is 13.9. The van der Waals surface area contributed by atoms with Crippen molar-refractivity contribution < 1.29 is 18.4 Å². The van der Waals surface area contributed by atoms with E-state index in [9.17, 15) is 18.4 Å². The van der Waals surface area contributed by atoms with Crippen LogP contribution in [-0.4, -0.2) is 28.3 Å². The van der Waals surface area contributed by atoms with E-state index < -0.39 is 17.6 Å². The highest BCUT2D eigenvalue weighted by Gasteiger charge is 2.36. The van der Waals surface area contributed by atoms with Gasteiger partial charge in [-0.05, 0) is 31.2 Å². The molecule has 1 unspecified atom stereocenters. The van der Waals surface area contributed by atoms with Gasteiger partial charge in [-0.2, -0.15) is 0 Å². The Bertz CT molecular complexity index is 1090.